The lowest BCUT2D eigenvalue weighted by molar-refractivity contribution is 0.455. The first kappa shape index (κ1) is 16.0. The van der Waals surface area contributed by atoms with Crippen molar-refractivity contribution in [3.63, 3.8) is 0 Å². The number of nitrogen functional groups attached to an aromatic ring is 1. The molecule has 1 unspecified atom stereocenters. The highest BCUT2D eigenvalue weighted by molar-refractivity contribution is 7.91. The molecule has 0 saturated heterocycles. The van der Waals surface area contributed by atoms with Crippen LogP contribution in [0.5, 0.6) is 0 Å². The fraction of sp³-hybridized carbons (Fsp3) is 0.571. The summed E-state index contributed by atoms with van der Waals surface area (Å²) in [5.41, 5.74) is 6.38. The lowest BCUT2D eigenvalue weighted by atomic mass is 10.3. The summed E-state index contributed by atoms with van der Waals surface area (Å²) in [6, 6.07) is 7.23. The van der Waals surface area contributed by atoms with Crippen LogP contribution >= 0.6 is 0 Å². The molecule has 1 rings (SSSR count). The Hall–Kier alpha value is -1.07. The number of nitrogens with two attached hydrogens (primary N) is 1. The van der Waals surface area contributed by atoms with Gasteiger partial charge in [-0.15, -0.1) is 0 Å². The molecule has 0 radical (unpaired) electrons. The van der Waals surface area contributed by atoms with Gasteiger partial charge in [0.15, 0.2) is 0 Å². The number of hydrogen-bond donors (Lipinski definition) is 1. The predicted molar refractivity (Wildman–Crippen MR) is 82.4 cm³/mol. The number of anilines is 1. The van der Waals surface area contributed by atoms with Crippen molar-refractivity contribution >= 4 is 15.6 Å². The quantitative estimate of drug-likeness (QED) is 0.815. The van der Waals surface area contributed by atoms with E-state index < -0.39 is 9.92 Å². The van der Waals surface area contributed by atoms with E-state index in [0.717, 1.165) is 17.9 Å². The highest BCUT2D eigenvalue weighted by Gasteiger charge is 2.21. The Morgan fingerprint density at radius 1 is 1.26 bits per heavy atom. The van der Waals surface area contributed by atoms with Crippen LogP contribution in [-0.2, 0) is 9.92 Å². The van der Waals surface area contributed by atoms with Gasteiger partial charge in [0.2, 0.25) is 0 Å². The van der Waals surface area contributed by atoms with Gasteiger partial charge in [-0.1, -0.05) is 13.8 Å². The Morgan fingerprint density at radius 3 is 2.26 bits per heavy atom. The minimum absolute atomic E-state index is 0.0240. The van der Waals surface area contributed by atoms with Gasteiger partial charge in [0.25, 0.3) is 0 Å². The van der Waals surface area contributed by atoms with Crippen LogP contribution in [0.4, 0.5) is 5.69 Å². The number of benzene rings is 1. The van der Waals surface area contributed by atoms with Gasteiger partial charge in [-0.25, -0.2) is 12.9 Å². The van der Waals surface area contributed by atoms with Gasteiger partial charge in [0, 0.05) is 18.8 Å². The van der Waals surface area contributed by atoms with Gasteiger partial charge in [-0.2, -0.15) is 0 Å². The minimum atomic E-state index is -2.53. The largest absolute Gasteiger partial charge is 0.399 e. The summed E-state index contributed by atoms with van der Waals surface area (Å²) in [6.07, 6.45) is 0.952. The van der Waals surface area contributed by atoms with E-state index in [1.807, 2.05) is 37.2 Å². The maximum absolute atomic E-state index is 13.3. The van der Waals surface area contributed by atoms with Crippen LogP contribution in [0.3, 0.4) is 0 Å². The molecule has 1 atom stereocenters. The van der Waals surface area contributed by atoms with E-state index in [9.17, 15) is 4.21 Å². The van der Waals surface area contributed by atoms with Crippen molar-refractivity contribution in [2.24, 2.45) is 4.36 Å². The van der Waals surface area contributed by atoms with Crippen molar-refractivity contribution in [3.05, 3.63) is 24.3 Å². The van der Waals surface area contributed by atoms with Crippen LogP contribution in [-0.4, -0.2) is 27.6 Å². The topological polar surface area (TPSA) is 58.7 Å². The highest BCUT2D eigenvalue weighted by Crippen LogP contribution is 2.21. The fourth-order valence-electron chi connectivity index (χ4n) is 1.91. The Kier molecular flexibility index (Phi) is 5.82. The molecule has 0 aliphatic rings. The Bertz CT molecular complexity index is 502. The van der Waals surface area contributed by atoms with E-state index >= 15 is 0 Å². The second-order valence-corrected chi connectivity index (χ2v) is 6.98. The van der Waals surface area contributed by atoms with Crippen LogP contribution in [0.2, 0.25) is 0 Å². The molecule has 0 heterocycles. The molecule has 19 heavy (non-hydrogen) atoms. The molecule has 0 amide bonds. The molecule has 0 aromatic heterocycles. The van der Waals surface area contributed by atoms with E-state index in [1.54, 1.807) is 12.1 Å². The first-order valence-electron chi connectivity index (χ1n) is 6.81. The number of nitrogens with zero attached hydrogens (tertiary/aromatic N) is 2. The minimum Gasteiger partial charge on any atom is -0.399 e. The number of hydrogen-bond acceptors (Lipinski definition) is 3. The maximum atomic E-state index is 13.3. The van der Waals surface area contributed by atoms with Crippen molar-refractivity contribution in [3.8, 4) is 0 Å². The van der Waals surface area contributed by atoms with Crippen LogP contribution in [0.15, 0.2) is 33.5 Å². The van der Waals surface area contributed by atoms with E-state index in [1.165, 1.54) is 0 Å². The summed E-state index contributed by atoms with van der Waals surface area (Å²) in [4.78, 5) is 0.741. The molecule has 1 aromatic rings. The van der Waals surface area contributed by atoms with E-state index in [4.69, 9.17) is 5.73 Å². The van der Waals surface area contributed by atoms with Gasteiger partial charge < -0.3 is 5.73 Å². The second-order valence-electron chi connectivity index (χ2n) is 4.79. The van der Waals surface area contributed by atoms with Gasteiger partial charge >= 0.3 is 0 Å². The first-order chi connectivity index (χ1) is 8.93. The predicted octanol–water partition coefficient (Wildman–Crippen LogP) is 3.15. The normalized spacial score (nSPS) is 14.6. The lowest BCUT2D eigenvalue weighted by Gasteiger charge is -2.25. The van der Waals surface area contributed by atoms with Crippen LogP contribution in [0.1, 0.15) is 34.1 Å². The fourth-order valence-corrected chi connectivity index (χ4v) is 4.31. The standard InChI is InChI=1S/C14H25N3OS/c1-5-11-17(6-2)19(18,16-12(3)4)14-9-7-13(15)8-10-14/h7-10,12H,5-6,11,15H2,1-4H3. The molecule has 0 aliphatic heterocycles. The summed E-state index contributed by atoms with van der Waals surface area (Å²) in [5, 5.41) is 0. The molecule has 0 spiro atoms. The van der Waals surface area contributed by atoms with E-state index in [0.29, 0.717) is 12.2 Å². The SMILES string of the molecule is CCCN(CC)S(=O)(=NC(C)C)c1ccc(N)cc1. The van der Waals surface area contributed by atoms with Crippen molar-refractivity contribution in [2.45, 2.75) is 45.1 Å². The smallest absolute Gasteiger partial charge is 0.140 e. The Balaban J connectivity index is 3.35. The Morgan fingerprint density at radius 2 is 1.84 bits per heavy atom. The summed E-state index contributed by atoms with van der Waals surface area (Å²) in [6.45, 7) is 9.50. The highest BCUT2D eigenvalue weighted by atomic mass is 32.2. The molecular weight excluding hydrogens is 258 g/mol. The Labute approximate surface area is 117 Å². The molecule has 4 nitrogen and oxygen atoms in total. The molecule has 0 fully saturated rings. The molecular formula is C14H25N3OS. The number of rotatable bonds is 6. The molecule has 2 N–H and O–H groups in total. The first-order valence-corrected chi connectivity index (χ1v) is 8.28. The lowest BCUT2D eigenvalue weighted by Crippen LogP contribution is -2.32. The van der Waals surface area contributed by atoms with Gasteiger partial charge in [-0.3, -0.25) is 0 Å². The zero-order valence-electron chi connectivity index (χ0n) is 12.3. The summed E-state index contributed by atoms with van der Waals surface area (Å²) < 4.78 is 19.8. The van der Waals surface area contributed by atoms with E-state index in [-0.39, 0.29) is 6.04 Å². The zero-order chi connectivity index (χ0) is 14.5. The summed E-state index contributed by atoms with van der Waals surface area (Å²) in [5.74, 6) is 0. The average molecular weight is 283 g/mol. The summed E-state index contributed by atoms with van der Waals surface area (Å²) in [7, 11) is -2.53. The van der Waals surface area contributed by atoms with E-state index in [2.05, 4.69) is 11.3 Å². The zero-order valence-corrected chi connectivity index (χ0v) is 13.1. The van der Waals surface area contributed by atoms with Crippen molar-refractivity contribution in [1.82, 2.24) is 4.31 Å². The van der Waals surface area contributed by atoms with Crippen molar-refractivity contribution in [2.75, 3.05) is 18.8 Å². The molecule has 5 heteroatoms. The maximum Gasteiger partial charge on any atom is 0.140 e. The van der Waals surface area contributed by atoms with Gasteiger partial charge in [0.05, 0.1) is 10.9 Å². The monoisotopic (exact) mass is 283 g/mol. The molecule has 0 saturated carbocycles. The van der Waals surface area contributed by atoms with Gasteiger partial charge in [0.1, 0.15) is 9.92 Å². The van der Waals surface area contributed by atoms with Crippen LogP contribution in [0, 0.1) is 0 Å². The summed E-state index contributed by atoms with van der Waals surface area (Å²) >= 11 is 0. The third-order valence-corrected chi connectivity index (χ3v) is 5.45. The van der Waals surface area contributed by atoms with Gasteiger partial charge in [-0.05, 0) is 44.5 Å². The molecule has 0 aliphatic carbocycles. The second kappa shape index (κ2) is 6.91. The third kappa shape index (κ3) is 3.94. The molecule has 0 bridgehead atoms. The third-order valence-electron chi connectivity index (χ3n) is 2.72. The molecule has 1 aromatic carbocycles. The van der Waals surface area contributed by atoms with Crippen LogP contribution in [0.25, 0.3) is 0 Å². The molecule has 108 valence electrons. The average Bonchev–Trinajstić information content (AvgIpc) is 2.35. The van der Waals surface area contributed by atoms with Crippen LogP contribution < -0.4 is 5.73 Å². The van der Waals surface area contributed by atoms with Crippen molar-refractivity contribution < 1.29 is 4.21 Å². The van der Waals surface area contributed by atoms with Crippen molar-refractivity contribution in [1.29, 1.82) is 0 Å².